The van der Waals surface area contributed by atoms with Crippen molar-refractivity contribution in [1.82, 2.24) is 27.9 Å². The van der Waals surface area contributed by atoms with Gasteiger partial charge in [-0.25, -0.2) is 39.7 Å². The second kappa shape index (κ2) is 32.8. The van der Waals surface area contributed by atoms with E-state index in [0.29, 0.717) is 111 Å². The van der Waals surface area contributed by atoms with Crippen LogP contribution in [0.5, 0.6) is 17.2 Å². The van der Waals surface area contributed by atoms with E-state index in [0.717, 1.165) is 99.8 Å². The van der Waals surface area contributed by atoms with Gasteiger partial charge in [0.05, 0.1) is 86.7 Å². The molecule has 3 saturated heterocycles. The van der Waals surface area contributed by atoms with Crippen molar-refractivity contribution in [1.29, 1.82) is 15.8 Å². The molecule has 0 aliphatic carbocycles. The molecule has 3 fully saturated rings. The van der Waals surface area contributed by atoms with E-state index in [-0.39, 0.29) is 33.8 Å². The van der Waals surface area contributed by atoms with E-state index in [4.69, 9.17) is 28.4 Å². The first-order valence-electron chi connectivity index (χ1n) is 36.4. The summed E-state index contributed by atoms with van der Waals surface area (Å²) >= 11 is 2.01. The first-order valence-corrected chi connectivity index (χ1v) is 40.3. The lowest BCUT2D eigenvalue weighted by Gasteiger charge is -2.24. The highest BCUT2D eigenvalue weighted by molar-refractivity contribution is 14.1. The summed E-state index contributed by atoms with van der Waals surface area (Å²) in [5.41, 5.74) is 10.4. The summed E-state index contributed by atoms with van der Waals surface area (Å²) < 4.78 is 92.6. The summed E-state index contributed by atoms with van der Waals surface area (Å²) in [6.45, 7) is 10.9. The van der Waals surface area contributed by atoms with Crippen molar-refractivity contribution < 1.29 is 55.5 Å². The fourth-order valence-corrected chi connectivity index (χ4v) is 18.0. The molecule has 0 unspecified atom stereocenters. The zero-order valence-corrected chi connectivity index (χ0v) is 65.0. The van der Waals surface area contributed by atoms with Gasteiger partial charge in [-0.05, 0) is 203 Å². The summed E-state index contributed by atoms with van der Waals surface area (Å²) in [5, 5.41) is 52.5. The fourth-order valence-electron chi connectivity index (χ4n) is 13.8. The van der Waals surface area contributed by atoms with Gasteiger partial charge in [0.2, 0.25) is 0 Å². The number of aromatic amines is 1. The van der Waals surface area contributed by atoms with E-state index in [2.05, 4.69) is 44.2 Å². The van der Waals surface area contributed by atoms with Crippen LogP contribution < -0.4 is 14.2 Å². The van der Waals surface area contributed by atoms with Gasteiger partial charge in [-0.15, -0.1) is 0 Å². The Bertz CT molecular complexity index is 5940. The number of benzene rings is 7. The minimum atomic E-state index is -4.05. The van der Waals surface area contributed by atoms with Gasteiger partial charge in [-0.2, -0.15) is 15.8 Å². The molecule has 3 aliphatic rings. The number of nitrogens with zero attached hydrogens (tertiary/aromatic N) is 8. The van der Waals surface area contributed by atoms with Gasteiger partial charge in [0, 0.05) is 79.0 Å². The lowest BCUT2D eigenvalue weighted by molar-refractivity contribution is 0.0252. The van der Waals surface area contributed by atoms with Crippen molar-refractivity contribution in [3.8, 4) is 91.4 Å². The minimum absolute atomic E-state index is 0.0121. The summed E-state index contributed by atoms with van der Waals surface area (Å²) in [6.07, 6.45) is 9.81. The Morgan fingerprint density at radius 3 is 1.21 bits per heavy atom. The molecule has 0 amide bonds. The third-order valence-corrected chi connectivity index (χ3v) is 24.3. The maximum atomic E-state index is 14.1. The number of hydrogen-bond acceptors (Lipinski definition) is 18. The van der Waals surface area contributed by atoms with Crippen molar-refractivity contribution in [2.24, 2.45) is 0 Å². The molecule has 111 heavy (non-hydrogen) atoms. The Morgan fingerprint density at radius 2 is 0.802 bits per heavy atom. The molecule has 9 heterocycles. The Morgan fingerprint density at radius 1 is 0.441 bits per heavy atom. The van der Waals surface area contributed by atoms with E-state index in [1.165, 1.54) is 7.94 Å². The number of H-pyrrole nitrogens is 1. The summed E-state index contributed by atoms with van der Waals surface area (Å²) in [6, 6.07) is 66.3. The second-order valence-electron chi connectivity index (χ2n) is 28.2. The van der Waals surface area contributed by atoms with Crippen LogP contribution in [-0.4, -0.2) is 113 Å². The first kappa shape index (κ1) is 76.7. The number of nitrogens with one attached hydrogen (secondary N) is 1. The third kappa shape index (κ3) is 16.7. The fraction of sp³-hybridized carbons (Fsp3) is 0.241. The van der Waals surface area contributed by atoms with Crippen LogP contribution in [0.4, 0.5) is 0 Å². The van der Waals surface area contributed by atoms with Crippen LogP contribution in [0.2, 0.25) is 0 Å². The standard InChI is InChI=1S/C34H31N3O5S.C28H27N3O3.C25H20IN3O4S/c1-34(2,38)26-11-8-23(9-12-26)31-21-30-29(14-17-36-33(30)37(31)43(39,40)28-6-4-3-5-7-28)24-10-13-32(25(20-24)22-35)42-27-15-18-41-19-16-27;1-28(2,32)21-6-3-18(4-7-21)25-16-24-23(9-12-30-27(24)31-25)19-5-8-26(20(15-19)17-29)34-22-10-13-33-14-11-22;26-24-15-22-21(8-11-28-25(22)29(24)34(30,31)20-4-2-1-3-5-20)17-6-7-23(18(14-17)16-27)33-19-9-12-32-13-10-19/h3-14,17,20-21,27,38H,15-16,18-19H2,1-2H3;3-9,12,15-16,22,32H,10-11,13-14H2,1-2H3,(H,30,31);1-8,11,14-15,19H,9-10,12-13H2. The Hall–Kier alpha value is -11.1. The molecular formula is C87H78IN9O12S2. The lowest BCUT2D eigenvalue weighted by atomic mass is 9.96. The number of rotatable bonds is 17. The van der Waals surface area contributed by atoms with E-state index in [1.807, 2.05) is 101 Å². The van der Waals surface area contributed by atoms with Crippen LogP contribution in [0.1, 0.15) is 94.0 Å². The van der Waals surface area contributed by atoms with Gasteiger partial charge >= 0.3 is 0 Å². The average Bonchev–Trinajstić information content (AvgIpc) is 1.60. The lowest BCUT2D eigenvalue weighted by Crippen LogP contribution is -2.26. The van der Waals surface area contributed by atoms with E-state index in [9.17, 15) is 42.8 Å². The number of nitriles is 3. The molecule has 0 atom stereocenters. The Labute approximate surface area is 657 Å². The molecule has 3 aliphatic heterocycles. The molecule has 16 rings (SSSR count). The van der Waals surface area contributed by atoms with Gasteiger partial charge in [-0.3, -0.25) is 0 Å². The molecule has 3 N–H and O–H groups in total. The number of aliphatic hydroxyl groups is 2. The van der Waals surface area contributed by atoms with Crippen molar-refractivity contribution in [3.63, 3.8) is 0 Å². The van der Waals surface area contributed by atoms with Gasteiger partial charge in [0.15, 0.2) is 11.3 Å². The molecule has 24 heteroatoms. The SMILES string of the molecule is CC(C)(O)c1ccc(-c2cc3c(-c4ccc(OC5CCOCC5)c(C#N)c4)ccnc3[nH]2)cc1.CC(C)(O)c1ccc(-c2cc3c(-c4ccc(OC5CCOCC5)c(C#N)c4)ccnc3n2S(=O)(=O)c2ccccc2)cc1.N#Cc1cc(-c2ccnc3c2cc(I)n3S(=O)(=O)c2ccccc2)ccc1OC1CCOCC1. The summed E-state index contributed by atoms with van der Waals surface area (Å²) in [7, 11) is -7.88. The minimum Gasteiger partial charge on any atom is -0.489 e. The number of fused-ring (bicyclic) bond motifs is 3. The molecule has 0 saturated carbocycles. The quantitative estimate of drug-likeness (QED) is 0.0714. The number of aromatic nitrogens is 6. The normalized spacial score (nSPS) is 14.6. The average molecular weight is 1630 g/mol. The first-order chi connectivity index (χ1) is 53.6. The molecular weight excluding hydrogens is 1550 g/mol. The van der Waals surface area contributed by atoms with Crippen LogP contribution in [0.3, 0.4) is 0 Å². The maximum Gasteiger partial charge on any atom is 0.270 e. The van der Waals surface area contributed by atoms with Crippen molar-refractivity contribution in [3.05, 3.63) is 250 Å². The monoisotopic (exact) mass is 1630 g/mol. The zero-order chi connectivity index (χ0) is 77.6. The van der Waals surface area contributed by atoms with Gasteiger partial charge in [-0.1, -0.05) is 103 Å². The molecule has 7 aromatic carbocycles. The van der Waals surface area contributed by atoms with Crippen molar-refractivity contribution >= 4 is 75.7 Å². The summed E-state index contributed by atoms with van der Waals surface area (Å²) in [4.78, 5) is 17.2. The Balaban J connectivity index is 0.000000140. The topological polar surface area (TPSA) is 300 Å². The van der Waals surface area contributed by atoms with Crippen LogP contribution >= 0.6 is 22.6 Å². The van der Waals surface area contributed by atoms with Gasteiger partial charge < -0.3 is 43.6 Å². The van der Waals surface area contributed by atoms with E-state index >= 15 is 0 Å². The molecule has 562 valence electrons. The van der Waals surface area contributed by atoms with Crippen LogP contribution in [0, 0.1) is 37.7 Å². The highest BCUT2D eigenvalue weighted by Gasteiger charge is 2.30. The predicted octanol–water partition coefficient (Wildman–Crippen LogP) is 16.8. The number of ether oxygens (including phenoxy) is 6. The third-order valence-electron chi connectivity index (χ3n) is 19.8. The Kier molecular flexibility index (Phi) is 22.7. The van der Waals surface area contributed by atoms with Crippen LogP contribution in [0.25, 0.3) is 89.0 Å². The number of pyridine rings is 3. The predicted molar refractivity (Wildman–Crippen MR) is 432 cm³/mol. The zero-order valence-electron chi connectivity index (χ0n) is 61.3. The highest BCUT2D eigenvalue weighted by Crippen LogP contribution is 2.41. The molecule has 0 spiro atoms. The van der Waals surface area contributed by atoms with Crippen molar-refractivity contribution in [2.75, 3.05) is 39.6 Å². The summed E-state index contributed by atoms with van der Waals surface area (Å²) in [5.74, 6) is 1.67. The highest BCUT2D eigenvalue weighted by atomic mass is 127. The maximum absolute atomic E-state index is 14.1. The molecule has 6 aromatic heterocycles. The van der Waals surface area contributed by atoms with E-state index in [1.54, 1.807) is 162 Å². The molecule has 21 nitrogen and oxygen atoms in total. The second-order valence-corrected chi connectivity index (χ2v) is 32.9. The van der Waals surface area contributed by atoms with Gasteiger partial charge in [0.25, 0.3) is 20.0 Å². The van der Waals surface area contributed by atoms with Crippen LogP contribution in [-0.2, 0) is 45.5 Å². The smallest absolute Gasteiger partial charge is 0.270 e. The molecule has 0 bridgehead atoms. The van der Waals surface area contributed by atoms with E-state index < -0.39 is 31.2 Å². The van der Waals surface area contributed by atoms with Crippen molar-refractivity contribution in [2.45, 2.75) is 106 Å². The largest absolute Gasteiger partial charge is 0.489 e. The number of halogens is 1. The molecule has 13 aromatic rings. The van der Waals surface area contributed by atoms with Crippen LogP contribution in [0.15, 0.2) is 229 Å². The number of hydrogen-bond donors (Lipinski definition) is 3. The molecule has 0 radical (unpaired) electrons. The van der Waals surface area contributed by atoms with Gasteiger partial charge in [0.1, 0.15) is 59.4 Å².